The number of rotatable bonds is 5. The van der Waals surface area contributed by atoms with Crippen molar-refractivity contribution in [2.24, 2.45) is 11.3 Å². The number of hydrogen-bond acceptors (Lipinski definition) is 2. The second-order valence-electron chi connectivity index (χ2n) is 5.86. The second-order valence-corrected chi connectivity index (χ2v) is 5.86. The van der Waals surface area contributed by atoms with Gasteiger partial charge >= 0.3 is 5.97 Å². The van der Waals surface area contributed by atoms with E-state index in [1.807, 2.05) is 0 Å². The largest absolute Gasteiger partial charge is 0.469 e. The summed E-state index contributed by atoms with van der Waals surface area (Å²) in [7, 11) is 1.48. The van der Waals surface area contributed by atoms with Gasteiger partial charge in [-0.25, -0.2) is 0 Å². The molecule has 18 heavy (non-hydrogen) atoms. The first-order chi connectivity index (χ1) is 8.55. The number of hydrogen-bond donors (Lipinski definition) is 0. The summed E-state index contributed by atoms with van der Waals surface area (Å²) < 4.78 is 4.89. The molecule has 0 N–H and O–H groups in total. The van der Waals surface area contributed by atoms with E-state index >= 15 is 0 Å². The molecule has 2 rings (SSSR count). The molecule has 1 aromatic rings. The Morgan fingerprint density at radius 1 is 1.22 bits per heavy atom. The summed E-state index contributed by atoms with van der Waals surface area (Å²) in [5.41, 5.74) is 2.40. The van der Waals surface area contributed by atoms with Gasteiger partial charge in [0.05, 0.1) is 12.5 Å². The first-order valence-electron chi connectivity index (χ1n) is 6.72. The van der Waals surface area contributed by atoms with Crippen molar-refractivity contribution >= 4 is 5.97 Å². The van der Waals surface area contributed by atoms with Gasteiger partial charge in [-0.2, -0.15) is 0 Å². The first kappa shape index (κ1) is 13.1. The zero-order chi connectivity index (χ0) is 13.2. The fourth-order valence-electron chi connectivity index (χ4n) is 2.48. The average molecular weight is 246 g/mol. The third-order valence-corrected chi connectivity index (χ3v) is 3.68. The van der Waals surface area contributed by atoms with Gasteiger partial charge in [0.15, 0.2) is 0 Å². The van der Waals surface area contributed by atoms with Gasteiger partial charge in [0.2, 0.25) is 0 Å². The first-order valence-corrected chi connectivity index (χ1v) is 6.72. The van der Waals surface area contributed by atoms with Gasteiger partial charge < -0.3 is 4.74 Å². The van der Waals surface area contributed by atoms with Crippen molar-refractivity contribution in [3.8, 4) is 0 Å². The predicted molar refractivity (Wildman–Crippen MR) is 72.4 cm³/mol. The highest BCUT2D eigenvalue weighted by atomic mass is 16.5. The van der Waals surface area contributed by atoms with Crippen LogP contribution in [0, 0.1) is 11.3 Å². The monoisotopic (exact) mass is 246 g/mol. The van der Waals surface area contributed by atoms with Gasteiger partial charge in [-0.3, -0.25) is 4.79 Å². The molecule has 0 saturated heterocycles. The van der Waals surface area contributed by atoms with Gasteiger partial charge in [0, 0.05) is 0 Å². The Kier molecular flexibility index (Phi) is 3.74. The number of carbonyl (C=O) groups is 1. The summed E-state index contributed by atoms with van der Waals surface area (Å²) in [5.74, 6) is 0.634. The van der Waals surface area contributed by atoms with E-state index in [9.17, 15) is 4.79 Å². The minimum atomic E-state index is -0.214. The van der Waals surface area contributed by atoms with Crippen LogP contribution in [-0.4, -0.2) is 13.1 Å². The van der Waals surface area contributed by atoms with Crippen molar-refractivity contribution in [2.45, 2.75) is 39.5 Å². The second kappa shape index (κ2) is 5.13. The van der Waals surface area contributed by atoms with Crippen molar-refractivity contribution in [3.63, 3.8) is 0 Å². The molecule has 98 valence electrons. The third kappa shape index (κ3) is 2.92. The highest BCUT2D eigenvalue weighted by molar-refractivity contribution is 5.80. The molecule has 0 amide bonds. The molecule has 0 spiro atoms. The van der Waals surface area contributed by atoms with Crippen LogP contribution in [0.3, 0.4) is 0 Å². The molecule has 0 heterocycles. The van der Waals surface area contributed by atoms with Crippen molar-refractivity contribution in [1.29, 1.82) is 0 Å². The number of esters is 1. The lowest BCUT2D eigenvalue weighted by molar-refractivity contribution is -0.147. The quantitative estimate of drug-likeness (QED) is 0.744. The molecule has 1 aromatic carbocycles. The van der Waals surface area contributed by atoms with Gasteiger partial charge in [-0.15, -0.1) is 0 Å². The molecule has 0 radical (unpaired) electrons. The van der Waals surface area contributed by atoms with Crippen LogP contribution in [-0.2, 0) is 22.4 Å². The maximum Gasteiger partial charge on any atom is 0.312 e. The van der Waals surface area contributed by atoms with Gasteiger partial charge in [0.1, 0.15) is 0 Å². The third-order valence-electron chi connectivity index (χ3n) is 3.68. The summed E-state index contributed by atoms with van der Waals surface area (Å²) in [4.78, 5) is 11.7. The minimum absolute atomic E-state index is 0.0474. The van der Waals surface area contributed by atoms with E-state index in [0.29, 0.717) is 5.92 Å². The highest BCUT2D eigenvalue weighted by Gasteiger charge is 2.50. The number of carbonyl (C=O) groups excluding carboxylic acids is 1. The molecule has 0 atom stereocenters. The van der Waals surface area contributed by atoms with Crippen LogP contribution in [0.2, 0.25) is 0 Å². The van der Waals surface area contributed by atoms with E-state index in [1.54, 1.807) is 0 Å². The van der Waals surface area contributed by atoms with Crippen LogP contribution < -0.4 is 0 Å². The lowest BCUT2D eigenvalue weighted by atomic mass is 9.94. The maximum atomic E-state index is 11.7. The Morgan fingerprint density at radius 3 is 2.22 bits per heavy atom. The highest BCUT2D eigenvalue weighted by Crippen LogP contribution is 2.49. The molecule has 1 aliphatic carbocycles. The smallest absolute Gasteiger partial charge is 0.312 e. The van der Waals surface area contributed by atoms with Crippen molar-refractivity contribution < 1.29 is 9.53 Å². The lowest BCUT2D eigenvalue weighted by Crippen LogP contribution is -2.19. The number of methoxy groups -OCH3 is 1. The van der Waals surface area contributed by atoms with Gasteiger partial charge in [-0.1, -0.05) is 38.1 Å². The summed E-state index contributed by atoms with van der Waals surface area (Å²) in [5, 5.41) is 0. The van der Waals surface area contributed by atoms with Crippen LogP contribution in [0.5, 0.6) is 0 Å². The molecule has 0 aromatic heterocycles. The van der Waals surface area contributed by atoms with E-state index in [-0.39, 0.29) is 11.4 Å². The fraction of sp³-hybridized carbons (Fsp3) is 0.562. The van der Waals surface area contributed by atoms with Crippen LogP contribution in [0.1, 0.15) is 37.8 Å². The van der Waals surface area contributed by atoms with Gasteiger partial charge in [-0.05, 0) is 42.7 Å². The topological polar surface area (TPSA) is 26.3 Å². The Bertz CT molecular complexity index is 413. The van der Waals surface area contributed by atoms with E-state index in [4.69, 9.17) is 4.74 Å². The molecule has 1 aliphatic rings. The lowest BCUT2D eigenvalue weighted by Gasteiger charge is -2.13. The van der Waals surface area contributed by atoms with E-state index in [2.05, 4.69) is 38.1 Å². The Balaban J connectivity index is 2.00. The van der Waals surface area contributed by atoms with Crippen molar-refractivity contribution in [2.75, 3.05) is 7.11 Å². The zero-order valence-corrected chi connectivity index (χ0v) is 11.5. The minimum Gasteiger partial charge on any atom is -0.469 e. The van der Waals surface area contributed by atoms with E-state index in [1.165, 1.54) is 18.2 Å². The normalized spacial score (nSPS) is 16.7. The molecule has 0 bridgehead atoms. The maximum absolute atomic E-state index is 11.7. The van der Waals surface area contributed by atoms with Gasteiger partial charge in [0.25, 0.3) is 0 Å². The predicted octanol–water partition coefficient (Wildman–Crippen LogP) is 3.38. The molecule has 2 nitrogen and oxygen atoms in total. The zero-order valence-electron chi connectivity index (χ0n) is 11.5. The number of ether oxygens (including phenoxy) is 1. The Hall–Kier alpha value is -1.31. The van der Waals surface area contributed by atoms with Crippen LogP contribution in [0.4, 0.5) is 0 Å². The summed E-state index contributed by atoms with van der Waals surface area (Å²) in [6.45, 7) is 4.45. The Labute approximate surface area is 109 Å². The molecule has 2 heteroatoms. The molecule has 0 aliphatic heterocycles. The fourth-order valence-corrected chi connectivity index (χ4v) is 2.48. The molecule has 1 saturated carbocycles. The van der Waals surface area contributed by atoms with Crippen LogP contribution in [0.15, 0.2) is 24.3 Å². The summed E-state index contributed by atoms with van der Waals surface area (Å²) >= 11 is 0. The van der Waals surface area contributed by atoms with Crippen molar-refractivity contribution in [1.82, 2.24) is 0 Å². The SMILES string of the molecule is COC(=O)C1(Cc2ccc(CC(C)C)cc2)CC1. The standard InChI is InChI=1S/C16H22O2/c1-12(2)10-13-4-6-14(7-5-13)11-16(8-9-16)15(17)18-3/h4-7,12H,8-11H2,1-3H3. The molecule has 0 unspecified atom stereocenters. The summed E-state index contributed by atoms with van der Waals surface area (Å²) in [6.07, 6.45) is 3.87. The van der Waals surface area contributed by atoms with Crippen LogP contribution in [0.25, 0.3) is 0 Å². The molecular weight excluding hydrogens is 224 g/mol. The van der Waals surface area contributed by atoms with Crippen molar-refractivity contribution in [3.05, 3.63) is 35.4 Å². The Morgan fingerprint density at radius 2 is 1.78 bits per heavy atom. The average Bonchev–Trinajstić information content (AvgIpc) is 3.11. The van der Waals surface area contributed by atoms with Crippen LogP contribution >= 0.6 is 0 Å². The van der Waals surface area contributed by atoms with E-state index in [0.717, 1.165) is 25.7 Å². The number of benzene rings is 1. The molecular formula is C16H22O2. The molecule has 1 fully saturated rings. The summed E-state index contributed by atoms with van der Waals surface area (Å²) in [6, 6.07) is 8.67. The van der Waals surface area contributed by atoms with E-state index < -0.39 is 0 Å².